The van der Waals surface area contributed by atoms with Gasteiger partial charge in [-0.1, -0.05) is 6.07 Å². The fraction of sp³-hybridized carbons (Fsp3) is 0.278. The lowest BCUT2D eigenvalue weighted by atomic mass is 9.96. The van der Waals surface area contributed by atoms with Crippen molar-refractivity contribution in [3.63, 3.8) is 0 Å². The van der Waals surface area contributed by atoms with Crippen molar-refractivity contribution in [1.29, 1.82) is 0 Å². The van der Waals surface area contributed by atoms with E-state index >= 15 is 0 Å². The molecule has 0 saturated carbocycles. The highest BCUT2D eigenvalue weighted by atomic mass is 16.2. The summed E-state index contributed by atoms with van der Waals surface area (Å²) in [5, 5.41) is 8.56. The first-order valence-electron chi connectivity index (χ1n) is 8.55. The third-order valence-electron chi connectivity index (χ3n) is 4.62. The number of hydrogen-bond donors (Lipinski definition) is 1. The normalized spacial score (nSPS) is 15.8. The van der Waals surface area contributed by atoms with Crippen LogP contribution in [0.25, 0.3) is 11.7 Å². The Kier molecular flexibility index (Phi) is 4.30. The van der Waals surface area contributed by atoms with Gasteiger partial charge in [0.1, 0.15) is 5.82 Å². The van der Waals surface area contributed by atoms with E-state index in [0.717, 1.165) is 29.9 Å². The largest absolute Gasteiger partial charge is 0.368 e. The number of carbonyl (C=O) groups excluding carboxylic acids is 1. The SMILES string of the molecule is Nc1ncc(C=CC(=O)N2CCC(c3nnc4ccccn34)CC2)cn1. The molecular weight excluding hydrogens is 330 g/mol. The van der Waals surface area contributed by atoms with Gasteiger partial charge < -0.3 is 10.6 Å². The zero-order valence-corrected chi connectivity index (χ0v) is 14.2. The molecule has 4 rings (SSSR count). The highest BCUT2D eigenvalue weighted by molar-refractivity contribution is 5.91. The molecule has 0 atom stereocenters. The van der Waals surface area contributed by atoms with Crippen molar-refractivity contribution in [2.75, 3.05) is 18.8 Å². The first-order chi connectivity index (χ1) is 12.7. The van der Waals surface area contributed by atoms with Crippen LogP contribution in [0.4, 0.5) is 5.95 Å². The molecule has 1 aliphatic rings. The zero-order valence-electron chi connectivity index (χ0n) is 14.2. The number of nitrogens with two attached hydrogens (primary N) is 1. The standard InChI is InChI=1S/C18H19N7O/c19-18-20-11-13(12-21-18)4-5-16(26)24-9-6-14(7-10-24)17-23-22-15-3-1-2-8-25(15)17/h1-5,8,11-12,14H,6-7,9-10H2,(H2,19,20,21). The van der Waals surface area contributed by atoms with Crippen molar-refractivity contribution < 1.29 is 4.79 Å². The molecule has 0 aromatic carbocycles. The van der Waals surface area contributed by atoms with Crippen LogP contribution in [-0.2, 0) is 4.79 Å². The van der Waals surface area contributed by atoms with E-state index in [1.54, 1.807) is 24.5 Å². The Bertz CT molecular complexity index is 940. The summed E-state index contributed by atoms with van der Waals surface area (Å²) in [4.78, 5) is 22.1. The summed E-state index contributed by atoms with van der Waals surface area (Å²) in [5.41, 5.74) is 7.06. The number of aromatic nitrogens is 5. The number of anilines is 1. The van der Waals surface area contributed by atoms with Gasteiger partial charge >= 0.3 is 0 Å². The molecule has 1 amide bonds. The number of likely N-dealkylation sites (tertiary alicyclic amines) is 1. The average Bonchev–Trinajstić information content (AvgIpc) is 3.11. The van der Waals surface area contributed by atoms with Crippen molar-refractivity contribution in [2.45, 2.75) is 18.8 Å². The minimum atomic E-state index is -0.00798. The van der Waals surface area contributed by atoms with Gasteiger partial charge in [-0.3, -0.25) is 9.20 Å². The van der Waals surface area contributed by atoms with Crippen LogP contribution in [0, 0.1) is 0 Å². The molecule has 3 aromatic heterocycles. The Balaban J connectivity index is 1.38. The van der Waals surface area contributed by atoms with E-state index in [1.165, 1.54) is 0 Å². The molecule has 8 heteroatoms. The summed E-state index contributed by atoms with van der Waals surface area (Å²) in [7, 11) is 0. The summed E-state index contributed by atoms with van der Waals surface area (Å²) in [6.07, 6.45) is 10.2. The van der Waals surface area contributed by atoms with Gasteiger partial charge in [-0.05, 0) is 31.1 Å². The zero-order chi connectivity index (χ0) is 17.9. The number of fused-ring (bicyclic) bond motifs is 1. The topological polar surface area (TPSA) is 102 Å². The van der Waals surface area contributed by atoms with Crippen LogP contribution < -0.4 is 5.73 Å². The second-order valence-electron chi connectivity index (χ2n) is 6.29. The number of pyridine rings is 1. The monoisotopic (exact) mass is 349 g/mol. The third kappa shape index (κ3) is 3.26. The van der Waals surface area contributed by atoms with E-state index in [0.29, 0.717) is 19.0 Å². The van der Waals surface area contributed by atoms with E-state index in [1.807, 2.05) is 33.7 Å². The molecule has 1 fully saturated rings. The molecular formula is C18H19N7O. The molecule has 0 aliphatic carbocycles. The maximum Gasteiger partial charge on any atom is 0.246 e. The van der Waals surface area contributed by atoms with Crippen LogP contribution in [0.15, 0.2) is 42.9 Å². The van der Waals surface area contributed by atoms with Crippen LogP contribution >= 0.6 is 0 Å². The highest BCUT2D eigenvalue weighted by Crippen LogP contribution is 2.27. The van der Waals surface area contributed by atoms with Crippen molar-refractivity contribution >= 4 is 23.6 Å². The van der Waals surface area contributed by atoms with Crippen molar-refractivity contribution in [3.05, 3.63) is 54.3 Å². The van der Waals surface area contributed by atoms with Crippen LogP contribution in [0.1, 0.15) is 30.1 Å². The number of amides is 1. The minimum absolute atomic E-state index is 0.00798. The van der Waals surface area contributed by atoms with Gasteiger partial charge in [0.15, 0.2) is 5.65 Å². The van der Waals surface area contributed by atoms with E-state index < -0.39 is 0 Å². The number of nitrogens with zero attached hydrogens (tertiary/aromatic N) is 6. The summed E-state index contributed by atoms with van der Waals surface area (Å²) >= 11 is 0. The van der Waals surface area contributed by atoms with Crippen LogP contribution in [0.2, 0.25) is 0 Å². The molecule has 0 unspecified atom stereocenters. The molecule has 0 spiro atoms. The maximum atomic E-state index is 12.4. The Morgan fingerprint density at radius 2 is 1.92 bits per heavy atom. The second kappa shape index (κ2) is 6.91. The third-order valence-corrected chi connectivity index (χ3v) is 4.62. The fourth-order valence-corrected chi connectivity index (χ4v) is 3.20. The number of rotatable bonds is 3. The molecule has 0 bridgehead atoms. The predicted octanol–water partition coefficient (Wildman–Crippen LogP) is 1.52. The van der Waals surface area contributed by atoms with Gasteiger partial charge in [0.05, 0.1) is 0 Å². The molecule has 1 aliphatic heterocycles. The van der Waals surface area contributed by atoms with E-state index in [4.69, 9.17) is 5.73 Å². The molecule has 3 aromatic rings. The van der Waals surface area contributed by atoms with Crippen LogP contribution in [0.3, 0.4) is 0 Å². The predicted molar refractivity (Wildman–Crippen MR) is 97.0 cm³/mol. The second-order valence-corrected chi connectivity index (χ2v) is 6.29. The van der Waals surface area contributed by atoms with Gasteiger partial charge in [0, 0.05) is 49.2 Å². The molecule has 1 saturated heterocycles. The minimum Gasteiger partial charge on any atom is -0.368 e. The molecule has 2 N–H and O–H groups in total. The lowest BCUT2D eigenvalue weighted by Crippen LogP contribution is -2.37. The Morgan fingerprint density at radius 1 is 1.15 bits per heavy atom. The molecule has 8 nitrogen and oxygen atoms in total. The maximum absolute atomic E-state index is 12.4. The Morgan fingerprint density at radius 3 is 2.69 bits per heavy atom. The van der Waals surface area contributed by atoms with Gasteiger partial charge in [0.25, 0.3) is 0 Å². The number of carbonyl (C=O) groups is 1. The van der Waals surface area contributed by atoms with E-state index in [-0.39, 0.29) is 11.9 Å². The van der Waals surface area contributed by atoms with Gasteiger partial charge in [-0.25, -0.2) is 9.97 Å². The lowest BCUT2D eigenvalue weighted by molar-refractivity contribution is -0.127. The Labute approximate surface area is 150 Å². The highest BCUT2D eigenvalue weighted by Gasteiger charge is 2.25. The fourth-order valence-electron chi connectivity index (χ4n) is 3.20. The number of nitrogen functional groups attached to an aromatic ring is 1. The van der Waals surface area contributed by atoms with Crippen molar-refractivity contribution in [1.82, 2.24) is 29.5 Å². The van der Waals surface area contributed by atoms with E-state index in [2.05, 4.69) is 20.2 Å². The summed E-state index contributed by atoms with van der Waals surface area (Å²) < 4.78 is 2.03. The summed E-state index contributed by atoms with van der Waals surface area (Å²) in [6.45, 7) is 1.40. The first-order valence-corrected chi connectivity index (χ1v) is 8.55. The number of piperidine rings is 1. The molecule has 4 heterocycles. The summed E-state index contributed by atoms with van der Waals surface area (Å²) in [6, 6.07) is 5.87. The van der Waals surface area contributed by atoms with Crippen LogP contribution in [-0.4, -0.2) is 48.5 Å². The van der Waals surface area contributed by atoms with Gasteiger partial charge in [-0.2, -0.15) is 0 Å². The smallest absolute Gasteiger partial charge is 0.246 e. The molecule has 132 valence electrons. The van der Waals surface area contributed by atoms with Crippen molar-refractivity contribution in [2.24, 2.45) is 0 Å². The first kappa shape index (κ1) is 16.2. The lowest BCUT2D eigenvalue weighted by Gasteiger charge is -2.30. The number of hydrogen-bond acceptors (Lipinski definition) is 6. The van der Waals surface area contributed by atoms with Crippen molar-refractivity contribution in [3.8, 4) is 0 Å². The Hall–Kier alpha value is -3.29. The van der Waals surface area contributed by atoms with Gasteiger partial charge in [-0.15, -0.1) is 10.2 Å². The quantitative estimate of drug-likeness (QED) is 0.719. The van der Waals surface area contributed by atoms with E-state index in [9.17, 15) is 4.79 Å². The molecule has 0 radical (unpaired) electrons. The average molecular weight is 349 g/mol. The van der Waals surface area contributed by atoms with Gasteiger partial charge in [0.2, 0.25) is 11.9 Å². The molecule has 26 heavy (non-hydrogen) atoms. The summed E-state index contributed by atoms with van der Waals surface area (Å²) in [5.74, 6) is 1.50. The van der Waals surface area contributed by atoms with Crippen LogP contribution in [0.5, 0.6) is 0 Å².